The van der Waals surface area contributed by atoms with Gasteiger partial charge in [0.2, 0.25) is 0 Å². The fraction of sp³-hybridized carbons (Fsp3) is 0.500. The lowest BCUT2D eigenvalue weighted by Gasteiger charge is -2.30. The molecule has 1 aliphatic rings. The Balaban J connectivity index is 1.77. The van der Waals surface area contributed by atoms with Crippen molar-refractivity contribution < 1.29 is 22.8 Å². The van der Waals surface area contributed by atoms with Crippen LogP contribution in [0.5, 0.6) is 0 Å². The van der Waals surface area contributed by atoms with Crippen LogP contribution < -0.4 is 5.32 Å². The second kappa shape index (κ2) is 8.56. The summed E-state index contributed by atoms with van der Waals surface area (Å²) in [4.78, 5) is 29.2. The highest BCUT2D eigenvalue weighted by molar-refractivity contribution is 5.94. The van der Waals surface area contributed by atoms with Crippen molar-refractivity contribution >= 4 is 11.8 Å². The van der Waals surface area contributed by atoms with Crippen LogP contribution in [-0.4, -0.2) is 55.8 Å². The number of hydrogen-bond acceptors (Lipinski definition) is 5. The van der Waals surface area contributed by atoms with E-state index in [2.05, 4.69) is 20.6 Å². The average Bonchev–Trinajstić information content (AvgIpc) is 3.29. The Kier molecular flexibility index (Phi) is 6.09. The molecule has 0 saturated carbocycles. The molecule has 1 unspecified atom stereocenters. The van der Waals surface area contributed by atoms with Gasteiger partial charge in [0.25, 0.3) is 11.8 Å². The molecule has 9 nitrogen and oxygen atoms in total. The van der Waals surface area contributed by atoms with Crippen molar-refractivity contribution in [3.63, 3.8) is 0 Å². The Bertz CT molecular complexity index is 973. The highest BCUT2D eigenvalue weighted by Gasteiger charge is 2.42. The van der Waals surface area contributed by atoms with Gasteiger partial charge in [-0.25, -0.2) is 4.68 Å². The molecule has 2 aromatic heterocycles. The van der Waals surface area contributed by atoms with E-state index < -0.39 is 35.4 Å². The van der Waals surface area contributed by atoms with Crippen molar-refractivity contribution in [1.29, 1.82) is 5.26 Å². The van der Waals surface area contributed by atoms with Gasteiger partial charge >= 0.3 is 6.18 Å². The maximum absolute atomic E-state index is 13.3. The molecule has 2 N–H and O–H groups in total. The predicted molar refractivity (Wildman–Crippen MR) is 97.1 cm³/mol. The molecule has 2 aromatic rings. The van der Waals surface area contributed by atoms with Gasteiger partial charge in [-0.1, -0.05) is 18.1 Å². The Morgan fingerprint density at radius 3 is 2.73 bits per heavy atom. The minimum absolute atomic E-state index is 0.0459. The molecule has 3 heterocycles. The number of carbonyl (C=O) groups is 2. The summed E-state index contributed by atoms with van der Waals surface area (Å²) in [6, 6.07) is 4.37. The van der Waals surface area contributed by atoms with Gasteiger partial charge in [-0.2, -0.15) is 18.4 Å². The fourth-order valence-corrected chi connectivity index (χ4v) is 3.45. The van der Waals surface area contributed by atoms with E-state index in [1.54, 1.807) is 0 Å². The monoisotopic (exact) mass is 423 g/mol. The van der Waals surface area contributed by atoms with Crippen molar-refractivity contribution in [3.8, 4) is 6.07 Å². The average molecular weight is 423 g/mol. The van der Waals surface area contributed by atoms with E-state index in [-0.39, 0.29) is 24.5 Å². The molecular formula is C18H20F3N7O2. The van der Waals surface area contributed by atoms with Crippen LogP contribution in [0.3, 0.4) is 0 Å². The Morgan fingerprint density at radius 2 is 2.07 bits per heavy atom. The molecule has 1 aliphatic heterocycles. The number of likely N-dealkylation sites (tertiary alicyclic amines) is 1. The highest BCUT2D eigenvalue weighted by Crippen LogP contribution is 2.31. The van der Waals surface area contributed by atoms with Crippen LogP contribution in [0, 0.1) is 11.3 Å². The van der Waals surface area contributed by atoms with Gasteiger partial charge in [0, 0.05) is 26.2 Å². The lowest BCUT2D eigenvalue weighted by molar-refractivity contribution is -0.144. The van der Waals surface area contributed by atoms with E-state index in [1.807, 2.05) is 6.07 Å². The fourth-order valence-electron chi connectivity index (χ4n) is 3.45. The standard InChI is InChI=1S/C18H20F3N7O2/c1-27-15(18(19,20)21)14(25-26-27)17(30)28-8-4-2-3-5-12(10-28)24-16(29)13-7-6-11(9-22)23-13/h6-7,12,23H,2-5,8,10H2,1H3,(H,24,29). The van der Waals surface area contributed by atoms with Gasteiger partial charge in [-0.3, -0.25) is 9.59 Å². The first-order chi connectivity index (χ1) is 14.2. The number of aromatic amines is 1. The van der Waals surface area contributed by atoms with Crippen LogP contribution in [0.2, 0.25) is 0 Å². The lowest BCUT2D eigenvalue weighted by Crippen LogP contribution is -2.47. The molecule has 1 fully saturated rings. The molecule has 0 aromatic carbocycles. The van der Waals surface area contributed by atoms with E-state index in [1.165, 1.54) is 17.0 Å². The number of aromatic nitrogens is 4. The minimum atomic E-state index is -4.77. The minimum Gasteiger partial charge on any atom is -0.346 e. The zero-order chi connectivity index (χ0) is 21.9. The molecule has 3 rings (SSSR count). The number of alkyl halides is 3. The number of H-pyrrole nitrogens is 1. The smallest absolute Gasteiger partial charge is 0.346 e. The van der Waals surface area contributed by atoms with Crippen LogP contribution >= 0.6 is 0 Å². The first kappa shape index (κ1) is 21.4. The van der Waals surface area contributed by atoms with Crippen molar-refractivity contribution in [2.45, 2.75) is 37.9 Å². The van der Waals surface area contributed by atoms with E-state index in [9.17, 15) is 22.8 Å². The molecule has 0 aliphatic carbocycles. The topological polar surface area (TPSA) is 120 Å². The predicted octanol–water partition coefficient (Wildman–Crippen LogP) is 1.85. The summed E-state index contributed by atoms with van der Waals surface area (Å²) in [6.07, 6.45) is -2.00. The molecule has 0 bridgehead atoms. The quantitative estimate of drug-likeness (QED) is 0.781. The molecule has 0 radical (unpaired) electrons. The zero-order valence-corrected chi connectivity index (χ0v) is 16.2. The number of aryl methyl sites for hydroxylation is 1. The molecule has 12 heteroatoms. The van der Waals surface area contributed by atoms with Crippen LogP contribution in [-0.2, 0) is 13.2 Å². The third-order valence-electron chi connectivity index (χ3n) is 4.89. The van der Waals surface area contributed by atoms with E-state index in [0.29, 0.717) is 17.5 Å². The maximum Gasteiger partial charge on any atom is 0.435 e. The van der Waals surface area contributed by atoms with Gasteiger partial charge in [0.15, 0.2) is 11.4 Å². The first-order valence-corrected chi connectivity index (χ1v) is 9.37. The Labute approximate surface area is 169 Å². The summed E-state index contributed by atoms with van der Waals surface area (Å²) < 4.78 is 40.5. The second-order valence-corrected chi connectivity index (χ2v) is 7.08. The van der Waals surface area contributed by atoms with Crippen molar-refractivity contribution in [2.24, 2.45) is 7.05 Å². The van der Waals surface area contributed by atoms with Crippen LogP contribution in [0.15, 0.2) is 12.1 Å². The number of halogens is 3. The third-order valence-corrected chi connectivity index (χ3v) is 4.89. The number of nitrogens with one attached hydrogen (secondary N) is 2. The van der Waals surface area contributed by atoms with Crippen molar-refractivity contribution in [3.05, 3.63) is 34.9 Å². The van der Waals surface area contributed by atoms with Crippen LogP contribution in [0.4, 0.5) is 13.2 Å². The third kappa shape index (κ3) is 4.61. The number of hydrogen-bond donors (Lipinski definition) is 2. The molecule has 1 atom stereocenters. The molecule has 1 saturated heterocycles. The SMILES string of the molecule is Cn1nnc(C(=O)N2CCCCCC(NC(=O)c3ccc(C#N)[nH]3)C2)c1C(F)(F)F. The summed E-state index contributed by atoms with van der Waals surface area (Å²) in [5.74, 6) is -1.33. The lowest BCUT2D eigenvalue weighted by atomic mass is 10.0. The molecule has 0 spiro atoms. The van der Waals surface area contributed by atoms with Crippen LogP contribution in [0.25, 0.3) is 0 Å². The highest BCUT2D eigenvalue weighted by atomic mass is 19.4. The van der Waals surface area contributed by atoms with Crippen LogP contribution in [0.1, 0.15) is 58.0 Å². The summed E-state index contributed by atoms with van der Waals surface area (Å²) in [7, 11) is 1.08. The maximum atomic E-state index is 13.3. The molecular weight excluding hydrogens is 403 g/mol. The number of nitrogens with zero attached hydrogens (tertiary/aromatic N) is 5. The van der Waals surface area contributed by atoms with Crippen molar-refractivity contribution in [2.75, 3.05) is 13.1 Å². The summed E-state index contributed by atoms with van der Waals surface area (Å²) in [5.41, 5.74) is -1.53. The van der Waals surface area contributed by atoms with E-state index in [4.69, 9.17) is 5.26 Å². The van der Waals surface area contributed by atoms with Crippen molar-refractivity contribution in [1.82, 2.24) is 30.2 Å². The molecule has 2 amide bonds. The summed E-state index contributed by atoms with van der Waals surface area (Å²) >= 11 is 0. The summed E-state index contributed by atoms with van der Waals surface area (Å²) in [5, 5.41) is 18.4. The normalized spacial score (nSPS) is 17.7. The van der Waals surface area contributed by atoms with E-state index >= 15 is 0 Å². The van der Waals surface area contributed by atoms with Gasteiger partial charge in [-0.15, -0.1) is 5.10 Å². The Hall–Kier alpha value is -3.36. The number of rotatable bonds is 3. The summed E-state index contributed by atoms with van der Waals surface area (Å²) in [6.45, 7) is 0.296. The second-order valence-electron chi connectivity index (χ2n) is 7.08. The first-order valence-electron chi connectivity index (χ1n) is 9.37. The molecule has 30 heavy (non-hydrogen) atoms. The number of amides is 2. The number of nitriles is 1. The van der Waals surface area contributed by atoms with Gasteiger partial charge in [0.1, 0.15) is 17.5 Å². The van der Waals surface area contributed by atoms with Gasteiger partial charge < -0.3 is 15.2 Å². The van der Waals surface area contributed by atoms with E-state index in [0.717, 1.165) is 19.9 Å². The Morgan fingerprint density at radius 1 is 1.30 bits per heavy atom. The zero-order valence-electron chi connectivity index (χ0n) is 16.2. The largest absolute Gasteiger partial charge is 0.435 e. The molecule has 160 valence electrons. The number of carbonyl (C=O) groups excluding carboxylic acids is 2. The van der Waals surface area contributed by atoms with Gasteiger partial charge in [-0.05, 0) is 25.0 Å². The van der Waals surface area contributed by atoms with Gasteiger partial charge in [0.05, 0.1) is 0 Å².